The number of aliphatic hydroxyl groups excluding tert-OH is 1. The molecule has 5 saturated carbocycles. The Balaban J connectivity index is 1.26. The van der Waals surface area contributed by atoms with Gasteiger partial charge < -0.3 is 34.4 Å². The van der Waals surface area contributed by atoms with Gasteiger partial charge in [0, 0.05) is 24.5 Å². The summed E-state index contributed by atoms with van der Waals surface area (Å²) in [6.45, 7) is 17.3. The van der Waals surface area contributed by atoms with Gasteiger partial charge in [-0.3, -0.25) is 4.79 Å². The van der Waals surface area contributed by atoms with Crippen molar-refractivity contribution in [1.29, 1.82) is 0 Å². The molecule has 45 heavy (non-hydrogen) atoms. The fourth-order valence-corrected chi connectivity index (χ4v) is 13.1. The molecular formula is C36H59NO8. The molecule has 0 unspecified atom stereocenters. The van der Waals surface area contributed by atoms with E-state index >= 15 is 0 Å². The Morgan fingerprint density at radius 3 is 2.31 bits per heavy atom. The highest BCUT2D eigenvalue weighted by Gasteiger charge is 2.84. The van der Waals surface area contributed by atoms with Crippen LogP contribution in [0.15, 0.2) is 0 Å². The second-order valence-electron chi connectivity index (χ2n) is 17.7. The van der Waals surface area contributed by atoms with Gasteiger partial charge in [-0.15, -0.1) is 0 Å². The molecule has 3 N–H and O–H groups in total. The zero-order valence-electron chi connectivity index (χ0n) is 29.1. The Kier molecular flexibility index (Phi) is 7.84. The molecule has 1 heterocycles. The Hall–Kier alpha value is -1.42. The lowest BCUT2D eigenvalue weighted by atomic mass is 9.41. The van der Waals surface area contributed by atoms with Gasteiger partial charge in [0.15, 0.2) is 0 Å². The van der Waals surface area contributed by atoms with Crippen LogP contribution in [0.1, 0.15) is 107 Å². The number of amides is 1. The van der Waals surface area contributed by atoms with Crippen LogP contribution in [0.2, 0.25) is 0 Å². The first-order chi connectivity index (χ1) is 20.8. The monoisotopic (exact) mass is 633 g/mol. The zero-order chi connectivity index (χ0) is 33.1. The quantitative estimate of drug-likeness (QED) is 0.336. The number of rotatable bonds is 7. The summed E-state index contributed by atoms with van der Waals surface area (Å²) in [6, 6.07) is 0. The SMILES string of the molecule is CCO[C@@H]([C@H]1C[C@@H](C)[C@H]2[C@H](O1)[C@H](O)[C@@]1(C)[C@@H]3CC[C@H]4C(C)(C)[C@@H](OC(=O)N(C)CC(=O)O)CC[C@@]45C[C@@]35CC[C@]21C)C(C)(C)O. The van der Waals surface area contributed by atoms with Crippen LogP contribution in [0.4, 0.5) is 4.79 Å². The molecule has 0 radical (unpaired) electrons. The van der Waals surface area contributed by atoms with E-state index in [2.05, 4.69) is 34.6 Å². The lowest BCUT2D eigenvalue weighted by Crippen LogP contribution is -2.60. The molecule has 256 valence electrons. The predicted molar refractivity (Wildman–Crippen MR) is 168 cm³/mol. The summed E-state index contributed by atoms with van der Waals surface area (Å²) in [5.41, 5.74) is -1.27. The minimum Gasteiger partial charge on any atom is -0.480 e. The molecule has 1 saturated heterocycles. The summed E-state index contributed by atoms with van der Waals surface area (Å²) in [6.07, 6.45) is 5.68. The van der Waals surface area contributed by atoms with Gasteiger partial charge in [-0.2, -0.15) is 0 Å². The summed E-state index contributed by atoms with van der Waals surface area (Å²) in [4.78, 5) is 25.2. The summed E-state index contributed by atoms with van der Waals surface area (Å²) in [5.74, 6) is 0.329. The summed E-state index contributed by atoms with van der Waals surface area (Å²) in [5, 5.41) is 32.6. The molecule has 0 aromatic carbocycles. The molecule has 13 atom stereocenters. The Labute approximate surface area is 269 Å². The number of carboxylic acids is 1. The van der Waals surface area contributed by atoms with Crippen molar-refractivity contribution in [3.63, 3.8) is 0 Å². The predicted octanol–water partition coefficient (Wildman–Crippen LogP) is 5.50. The highest BCUT2D eigenvalue weighted by molar-refractivity contribution is 5.76. The molecule has 9 nitrogen and oxygen atoms in total. The van der Waals surface area contributed by atoms with Crippen LogP contribution in [-0.4, -0.2) is 88.6 Å². The smallest absolute Gasteiger partial charge is 0.410 e. The summed E-state index contributed by atoms with van der Waals surface area (Å²) in [7, 11) is 1.48. The van der Waals surface area contributed by atoms with Crippen molar-refractivity contribution in [2.45, 2.75) is 143 Å². The van der Waals surface area contributed by atoms with Crippen molar-refractivity contribution >= 4 is 12.1 Å². The topological polar surface area (TPSA) is 126 Å². The van der Waals surface area contributed by atoms with E-state index in [0.717, 1.165) is 43.4 Å². The van der Waals surface area contributed by atoms with Crippen LogP contribution in [0.5, 0.6) is 0 Å². The van der Waals surface area contributed by atoms with Crippen LogP contribution < -0.4 is 0 Å². The third-order valence-electron chi connectivity index (χ3n) is 15.1. The molecule has 2 spiro atoms. The van der Waals surface area contributed by atoms with Gasteiger partial charge in [-0.05, 0) is 112 Å². The number of hydrogen-bond acceptors (Lipinski definition) is 7. The fourth-order valence-electron chi connectivity index (χ4n) is 13.1. The largest absolute Gasteiger partial charge is 0.480 e. The molecule has 6 aliphatic rings. The molecule has 6 fully saturated rings. The first-order valence-electron chi connectivity index (χ1n) is 17.6. The average molecular weight is 634 g/mol. The molecule has 0 bridgehead atoms. The maximum absolute atomic E-state index is 12.8. The van der Waals surface area contributed by atoms with Crippen molar-refractivity contribution < 1.29 is 39.1 Å². The number of carbonyl (C=O) groups excluding carboxylic acids is 1. The fraction of sp³-hybridized carbons (Fsp3) is 0.944. The second kappa shape index (κ2) is 10.5. The normalized spacial score (nSPS) is 48.5. The molecule has 9 heteroatoms. The van der Waals surface area contributed by atoms with Gasteiger partial charge in [-0.25, -0.2) is 4.79 Å². The number of nitrogens with zero attached hydrogens (tertiary/aromatic N) is 1. The first kappa shape index (κ1) is 33.5. The van der Waals surface area contributed by atoms with E-state index in [0.29, 0.717) is 24.4 Å². The van der Waals surface area contributed by atoms with E-state index in [1.54, 1.807) is 13.8 Å². The third-order valence-corrected chi connectivity index (χ3v) is 15.1. The van der Waals surface area contributed by atoms with E-state index < -0.39 is 29.9 Å². The minimum atomic E-state index is -1.05. The number of aliphatic carboxylic acids is 1. The number of likely N-dealkylation sites (N-methyl/N-ethyl adjacent to an activating group) is 1. The number of aliphatic hydroxyl groups is 2. The van der Waals surface area contributed by atoms with Gasteiger partial charge in [0.05, 0.1) is 23.9 Å². The van der Waals surface area contributed by atoms with Gasteiger partial charge in [0.1, 0.15) is 18.8 Å². The third kappa shape index (κ3) is 4.45. The maximum Gasteiger partial charge on any atom is 0.410 e. The van der Waals surface area contributed by atoms with Gasteiger partial charge in [0.2, 0.25) is 0 Å². The van der Waals surface area contributed by atoms with Crippen LogP contribution in [0.25, 0.3) is 0 Å². The van der Waals surface area contributed by atoms with Gasteiger partial charge in [0.25, 0.3) is 0 Å². The lowest BCUT2D eigenvalue weighted by Gasteiger charge is -2.63. The van der Waals surface area contributed by atoms with E-state index in [-0.39, 0.29) is 57.8 Å². The zero-order valence-corrected chi connectivity index (χ0v) is 29.1. The molecule has 1 aliphatic heterocycles. The highest BCUT2D eigenvalue weighted by atomic mass is 16.6. The highest BCUT2D eigenvalue weighted by Crippen LogP contribution is 2.89. The van der Waals surface area contributed by atoms with Crippen molar-refractivity contribution in [2.75, 3.05) is 20.2 Å². The number of hydrogen-bond donors (Lipinski definition) is 3. The maximum atomic E-state index is 12.8. The molecule has 5 aliphatic carbocycles. The van der Waals surface area contributed by atoms with E-state index in [9.17, 15) is 19.8 Å². The number of carboxylic acid groups (broad SMARTS) is 1. The van der Waals surface area contributed by atoms with E-state index in [1.165, 1.54) is 19.9 Å². The van der Waals surface area contributed by atoms with Crippen LogP contribution in [-0.2, 0) is 19.0 Å². The van der Waals surface area contributed by atoms with Crippen molar-refractivity contribution in [3.05, 3.63) is 0 Å². The van der Waals surface area contributed by atoms with Gasteiger partial charge in [-0.1, -0.05) is 34.6 Å². The lowest BCUT2D eigenvalue weighted by molar-refractivity contribution is -0.215. The summed E-state index contributed by atoms with van der Waals surface area (Å²) >= 11 is 0. The number of carbonyl (C=O) groups is 2. The molecule has 0 aromatic rings. The van der Waals surface area contributed by atoms with E-state index in [4.69, 9.17) is 19.3 Å². The van der Waals surface area contributed by atoms with Crippen molar-refractivity contribution in [1.82, 2.24) is 4.90 Å². The first-order valence-corrected chi connectivity index (χ1v) is 17.6. The molecular weight excluding hydrogens is 574 g/mol. The number of fused-ring (bicyclic) bond motifs is 4. The Bertz CT molecular complexity index is 1200. The summed E-state index contributed by atoms with van der Waals surface area (Å²) < 4.78 is 19.0. The van der Waals surface area contributed by atoms with Crippen molar-refractivity contribution in [3.8, 4) is 0 Å². The van der Waals surface area contributed by atoms with Crippen LogP contribution >= 0.6 is 0 Å². The van der Waals surface area contributed by atoms with Crippen LogP contribution in [0.3, 0.4) is 0 Å². The van der Waals surface area contributed by atoms with Gasteiger partial charge >= 0.3 is 12.1 Å². The Morgan fingerprint density at radius 2 is 1.69 bits per heavy atom. The second-order valence-corrected chi connectivity index (χ2v) is 17.7. The van der Waals surface area contributed by atoms with Crippen molar-refractivity contribution in [2.24, 2.45) is 50.7 Å². The Morgan fingerprint density at radius 1 is 1.04 bits per heavy atom. The molecule has 0 aromatic heterocycles. The minimum absolute atomic E-state index is 0.0547. The van der Waals surface area contributed by atoms with Crippen LogP contribution in [0, 0.1) is 50.7 Å². The number of ether oxygens (including phenoxy) is 3. The molecule has 1 amide bonds. The average Bonchev–Trinajstić information content (AvgIpc) is 3.56. The molecule has 6 rings (SSSR count). The van der Waals surface area contributed by atoms with E-state index in [1.807, 2.05) is 6.92 Å². The standard InChI is InChI=1S/C36H59NO8/c1-10-43-29(32(5,6)42)21-17-20(2)26-27(44-21)28(40)34(8)23-12-11-22-31(3,4)24(45-30(41)37(9)18-25(38)39)13-14-35(22)19-36(23,35)16-15-33(26,34)7/h20-24,26-29,40,42H,10-19H2,1-9H3,(H,38,39)/t20-,21-,22+,23+,24+,26+,27+,28+,29+,33-,34-,35-,36+/m1/s1.